The van der Waals surface area contributed by atoms with Crippen LogP contribution in [0.15, 0.2) is 243 Å². The highest BCUT2D eigenvalue weighted by Gasteiger charge is 2.24. The number of hydrogen-bond acceptors (Lipinski definition) is 4. The van der Waals surface area contributed by atoms with Gasteiger partial charge in [0.2, 0.25) is 0 Å². The molecule has 13 rings (SSSR count). The van der Waals surface area contributed by atoms with Gasteiger partial charge in [-0.2, -0.15) is 0 Å². The van der Waals surface area contributed by atoms with Gasteiger partial charge in [-0.25, -0.2) is 15.0 Å². The van der Waals surface area contributed by atoms with E-state index in [1.54, 1.807) is 0 Å². The van der Waals surface area contributed by atoms with Crippen molar-refractivity contribution >= 4 is 53.3 Å². The summed E-state index contributed by atoms with van der Waals surface area (Å²) < 4.78 is 4.91. The molecule has 0 aliphatic rings. The van der Waals surface area contributed by atoms with E-state index < -0.39 is 0 Å². The molecule has 0 atom stereocenters. The quantitative estimate of drug-likeness (QED) is 0.153. The van der Waals surface area contributed by atoms with Crippen LogP contribution in [0.25, 0.3) is 126 Å². The third-order valence-electron chi connectivity index (χ3n) is 13.1. The third kappa shape index (κ3) is 6.79. The first-order valence-corrected chi connectivity index (χ1v) is 23.7. The number of hydrogen-bond donors (Lipinski definition) is 0. The van der Waals surface area contributed by atoms with Gasteiger partial charge in [-0.15, -0.1) is 11.3 Å². The number of rotatable bonds is 8. The molecule has 3 heterocycles. The maximum Gasteiger partial charge on any atom is 0.164 e. The molecule has 5 heteroatoms. The van der Waals surface area contributed by atoms with Crippen LogP contribution in [-0.4, -0.2) is 19.5 Å². The predicted octanol–water partition coefficient (Wildman–Crippen LogP) is 17.0. The summed E-state index contributed by atoms with van der Waals surface area (Å²) in [7, 11) is 0. The molecule has 0 N–H and O–H groups in total. The molecule has 318 valence electrons. The second-order valence-corrected chi connectivity index (χ2v) is 18.2. The van der Waals surface area contributed by atoms with E-state index in [1.807, 2.05) is 47.7 Å². The maximum atomic E-state index is 5.40. The largest absolute Gasteiger partial charge is 0.309 e. The number of nitrogens with zero attached hydrogens (tertiary/aromatic N) is 4. The van der Waals surface area contributed by atoms with E-state index >= 15 is 0 Å². The van der Waals surface area contributed by atoms with Crippen molar-refractivity contribution in [1.29, 1.82) is 0 Å². The van der Waals surface area contributed by atoms with Crippen molar-refractivity contribution in [2.75, 3.05) is 0 Å². The van der Waals surface area contributed by atoms with Crippen LogP contribution >= 0.6 is 11.3 Å². The lowest BCUT2D eigenvalue weighted by Crippen LogP contribution is -2.01. The summed E-state index contributed by atoms with van der Waals surface area (Å²) in [5, 5.41) is 4.91. The van der Waals surface area contributed by atoms with Gasteiger partial charge in [0.25, 0.3) is 0 Å². The fourth-order valence-corrected chi connectivity index (χ4v) is 11.1. The highest BCUT2D eigenvalue weighted by atomic mass is 32.1. The van der Waals surface area contributed by atoms with E-state index in [0.717, 1.165) is 66.9 Å². The highest BCUT2D eigenvalue weighted by molar-refractivity contribution is 7.26. The van der Waals surface area contributed by atoms with E-state index in [2.05, 4.69) is 211 Å². The molecule has 0 unspecified atom stereocenters. The normalized spacial score (nSPS) is 11.5. The number of para-hydroxylation sites is 2. The molecule has 10 aromatic carbocycles. The van der Waals surface area contributed by atoms with Crippen LogP contribution in [0.5, 0.6) is 0 Å². The Morgan fingerprint density at radius 1 is 0.294 bits per heavy atom. The van der Waals surface area contributed by atoms with E-state index in [1.165, 1.54) is 42.0 Å². The monoisotopic (exact) mass is 884 g/mol. The summed E-state index contributed by atoms with van der Waals surface area (Å²) >= 11 is 1.84. The zero-order valence-corrected chi connectivity index (χ0v) is 37.6. The van der Waals surface area contributed by atoms with Gasteiger partial charge >= 0.3 is 0 Å². The standard InChI is InChI=1S/C63H40N4S/c1-6-19-41(20-7-1)45-33-35-48(42-21-8-2-9-22-42)53(39-45)46-34-36-49(54(40-46)63-65-61(43-23-10-3-11-24-43)64-62(66-63)44-25-12-4-13-26-44)51-30-18-32-56-58(51)59-57(68-56)38-37-52-50-29-16-17-31-55(50)67(60(52)59)47-27-14-5-15-28-47/h1-40H. The molecule has 0 bridgehead atoms. The molecule has 0 saturated heterocycles. The molecule has 68 heavy (non-hydrogen) atoms. The minimum Gasteiger partial charge on any atom is -0.309 e. The van der Waals surface area contributed by atoms with Crippen molar-refractivity contribution in [2.24, 2.45) is 0 Å². The maximum absolute atomic E-state index is 5.40. The van der Waals surface area contributed by atoms with Gasteiger partial charge in [0.15, 0.2) is 17.5 Å². The Kier molecular flexibility index (Phi) is 9.66. The zero-order valence-electron chi connectivity index (χ0n) is 36.8. The number of benzene rings is 10. The van der Waals surface area contributed by atoms with Crippen LogP contribution in [0.1, 0.15) is 0 Å². The van der Waals surface area contributed by atoms with Crippen molar-refractivity contribution in [3.8, 4) is 84.4 Å². The summed E-state index contributed by atoms with van der Waals surface area (Å²) in [6.07, 6.45) is 0. The Hall–Kier alpha value is -8.77. The van der Waals surface area contributed by atoms with Crippen LogP contribution in [0, 0.1) is 0 Å². The first-order valence-electron chi connectivity index (χ1n) is 22.9. The molecular formula is C63H40N4S. The second kappa shape index (κ2) is 16.6. The Morgan fingerprint density at radius 3 is 1.53 bits per heavy atom. The van der Waals surface area contributed by atoms with E-state index in [4.69, 9.17) is 15.0 Å². The summed E-state index contributed by atoms with van der Waals surface area (Å²) in [6.45, 7) is 0. The Balaban J connectivity index is 1.14. The molecule has 4 nitrogen and oxygen atoms in total. The van der Waals surface area contributed by atoms with Crippen LogP contribution < -0.4 is 0 Å². The Morgan fingerprint density at radius 2 is 0.838 bits per heavy atom. The number of thiophene rings is 1. The summed E-state index contributed by atoms with van der Waals surface area (Å²) in [5.41, 5.74) is 15.3. The molecule has 13 aromatic rings. The minimum atomic E-state index is 0.607. The van der Waals surface area contributed by atoms with Crippen molar-refractivity contribution in [2.45, 2.75) is 0 Å². The molecule has 0 amide bonds. The van der Waals surface area contributed by atoms with Crippen molar-refractivity contribution in [1.82, 2.24) is 19.5 Å². The lowest BCUT2D eigenvalue weighted by atomic mass is 9.88. The fourth-order valence-electron chi connectivity index (χ4n) is 9.95. The lowest BCUT2D eigenvalue weighted by molar-refractivity contribution is 1.07. The fraction of sp³-hybridized carbons (Fsp3) is 0. The molecule has 0 spiro atoms. The number of aromatic nitrogens is 4. The highest BCUT2D eigenvalue weighted by Crippen LogP contribution is 2.48. The Bertz CT molecular complexity index is 3940. The van der Waals surface area contributed by atoms with Crippen LogP contribution in [0.4, 0.5) is 0 Å². The van der Waals surface area contributed by atoms with Gasteiger partial charge in [0.1, 0.15) is 0 Å². The van der Waals surface area contributed by atoms with Gasteiger partial charge in [-0.1, -0.05) is 200 Å². The van der Waals surface area contributed by atoms with Crippen LogP contribution in [-0.2, 0) is 0 Å². The predicted molar refractivity (Wildman–Crippen MR) is 285 cm³/mol. The van der Waals surface area contributed by atoms with Crippen molar-refractivity contribution < 1.29 is 0 Å². The number of fused-ring (bicyclic) bond motifs is 7. The Labute approximate surface area is 397 Å². The first-order chi connectivity index (χ1) is 33.7. The van der Waals surface area contributed by atoms with Gasteiger partial charge in [0.05, 0.1) is 11.0 Å². The molecule has 3 aromatic heterocycles. The third-order valence-corrected chi connectivity index (χ3v) is 14.2. The molecule has 0 aliphatic heterocycles. The average molecular weight is 885 g/mol. The molecule has 0 fully saturated rings. The molecule has 0 aliphatic carbocycles. The van der Waals surface area contributed by atoms with Gasteiger partial charge in [-0.3, -0.25) is 0 Å². The molecular weight excluding hydrogens is 845 g/mol. The zero-order chi connectivity index (χ0) is 45.0. The van der Waals surface area contributed by atoms with Crippen molar-refractivity contribution in [3.05, 3.63) is 243 Å². The van der Waals surface area contributed by atoms with E-state index in [9.17, 15) is 0 Å². The van der Waals surface area contributed by atoms with Gasteiger partial charge < -0.3 is 4.57 Å². The molecule has 0 radical (unpaired) electrons. The summed E-state index contributed by atoms with van der Waals surface area (Å²) in [5.74, 6) is 1.85. The SMILES string of the molecule is c1ccc(-c2ccc(-c3ccccc3)c(-c3ccc(-c4cccc5sc6ccc7c8ccccc8n(-c8ccccc8)c7c6c45)c(-c4nc(-c5ccccc5)nc(-c5ccccc5)n4)c3)c2)cc1. The molecule has 0 saturated carbocycles. The average Bonchev–Trinajstić information content (AvgIpc) is 3.98. The summed E-state index contributed by atoms with van der Waals surface area (Å²) in [4.78, 5) is 15.9. The summed E-state index contributed by atoms with van der Waals surface area (Å²) in [6, 6.07) is 86.4. The first kappa shape index (κ1) is 39.6. The van der Waals surface area contributed by atoms with Gasteiger partial charge in [0, 0.05) is 53.3 Å². The second-order valence-electron chi connectivity index (χ2n) is 17.1. The van der Waals surface area contributed by atoms with E-state index in [-0.39, 0.29) is 0 Å². The minimum absolute atomic E-state index is 0.607. The topological polar surface area (TPSA) is 43.6 Å². The van der Waals surface area contributed by atoms with Crippen molar-refractivity contribution in [3.63, 3.8) is 0 Å². The van der Waals surface area contributed by atoms with Crippen LogP contribution in [0.2, 0.25) is 0 Å². The van der Waals surface area contributed by atoms with Gasteiger partial charge in [-0.05, 0) is 87.0 Å². The lowest BCUT2D eigenvalue weighted by Gasteiger charge is -2.17. The van der Waals surface area contributed by atoms with E-state index in [0.29, 0.717) is 17.5 Å². The smallest absolute Gasteiger partial charge is 0.164 e. The van der Waals surface area contributed by atoms with Crippen LogP contribution in [0.3, 0.4) is 0 Å².